The Hall–Kier alpha value is -4.00. The molecule has 0 radical (unpaired) electrons. The number of pyridine rings is 1. The van der Waals surface area contributed by atoms with Crippen LogP contribution in [-0.2, 0) is 19.6 Å². The number of furan rings is 1. The van der Waals surface area contributed by atoms with Crippen molar-refractivity contribution in [2.45, 2.75) is 26.0 Å². The van der Waals surface area contributed by atoms with Crippen molar-refractivity contribution in [3.63, 3.8) is 0 Å². The van der Waals surface area contributed by atoms with E-state index in [1.807, 2.05) is 48.5 Å². The normalized spacial score (nSPS) is 13.6. The van der Waals surface area contributed by atoms with Gasteiger partial charge >= 0.3 is 6.09 Å². The zero-order chi connectivity index (χ0) is 22.1. The molecular weight excluding hydrogens is 408 g/mol. The maximum Gasteiger partial charge on any atom is 0.407 e. The monoisotopic (exact) mass is 430 g/mol. The Morgan fingerprint density at radius 3 is 2.72 bits per heavy atom. The van der Waals surface area contributed by atoms with Gasteiger partial charge in [-0.2, -0.15) is 0 Å². The Balaban J connectivity index is 1.41. The molecule has 1 amide bonds. The lowest BCUT2D eigenvalue weighted by atomic mass is 10.1. The zero-order valence-electron chi connectivity index (χ0n) is 17.4. The minimum atomic E-state index is -0.926. The van der Waals surface area contributed by atoms with E-state index in [4.69, 9.17) is 9.15 Å². The summed E-state index contributed by atoms with van der Waals surface area (Å²) in [6, 6.07) is 18.6. The van der Waals surface area contributed by atoms with Crippen LogP contribution in [0.15, 0.2) is 76.1 Å². The van der Waals surface area contributed by atoms with Crippen molar-refractivity contribution in [1.29, 1.82) is 0 Å². The van der Waals surface area contributed by atoms with Crippen LogP contribution in [0.2, 0.25) is 0 Å². The van der Waals surface area contributed by atoms with Gasteiger partial charge in [0.1, 0.15) is 23.7 Å². The predicted octanol–water partition coefficient (Wildman–Crippen LogP) is 4.59. The van der Waals surface area contributed by atoms with Crippen molar-refractivity contribution in [3.05, 3.63) is 94.1 Å². The maximum atomic E-state index is 12.7. The first-order valence-corrected chi connectivity index (χ1v) is 10.5. The largest absolute Gasteiger partial charge is 0.489 e. The van der Waals surface area contributed by atoms with Gasteiger partial charge in [-0.15, -0.1) is 0 Å². The summed E-state index contributed by atoms with van der Waals surface area (Å²) in [7, 11) is 0. The van der Waals surface area contributed by atoms with Crippen LogP contribution in [0.25, 0.3) is 16.7 Å². The highest BCUT2D eigenvalue weighted by atomic mass is 16.5. The minimum absolute atomic E-state index is 0.208. The summed E-state index contributed by atoms with van der Waals surface area (Å²) in [5, 5.41) is 10.3. The van der Waals surface area contributed by atoms with Crippen molar-refractivity contribution in [1.82, 2.24) is 9.47 Å². The van der Waals surface area contributed by atoms with E-state index in [0.717, 1.165) is 28.7 Å². The highest BCUT2D eigenvalue weighted by Gasteiger charge is 2.23. The van der Waals surface area contributed by atoms with Crippen LogP contribution in [0.1, 0.15) is 23.3 Å². The smallest absolute Gasteiger partial charge is 0.407 e. The molecule has 162 valence electrons. The molecule has 0 unspecified atom stereocenters. The molecule has 4 aromatic rings. The van der Waals surface area contributed by atoms with Gasteiger partial charge < -0.3 is 19.2 Å². The number of nitrogens with zero attached hydrogens (tertiary/aromatic N) is 2. The zero-order valence-corrected chi connectivity index (χ0v) is 17.4. The molecule has 32 heavy (non-hydrogen) atoms. The molecule has 0 atom stereocenters. The van der Waals surface area contributed by atoms with Gasteiger partial charge in [0, 0.05) is 42.2 Å². The molecule has 1 aliphatic rings. The molecule has 0 bridgehead atoms. The van der Waals surface area contributed by atoms with Crippen LogP contribution in [0.3, 0.4) is 0 Å². The van der Waals surface area contributed by atoms with Crippen LogP contribution in [0.5, 0.6) is 5.75 Å². The minimum Gasteiger partial charge on any atom is -0.489 e. The average molecular weight is 430 g/mol. The molecule has 1 N–H and O–H groups in total. The predicted molar refractivity (Wildman–Crippen MR) is 119 cm³/mol. The third kappa shape index (κ3) is 3.85. The number of benzene rings is 2. The fourth-order valence-corrected chi connectivity index (χ4v) is 4.08. The topological polar surface area (TPSA) is 84.9 Å². The molecule has 3 heterocycles. The third-order valence-corrected chi connectivity index (χ3v) is 5.73. The van der Waals surface area contributed by atoms with E-state index in [2.05, 4.69) is 0 Å². The van der Waals surface area contributed by atoms with Crippen LogP contribution in [0, 0.1) is 0 Å². The third-order valence-electron chi connectivity index (χ3n) is 5.73. The van der Waals surface area contributed by atoms with E-state index in [9.17, 15) is 14.7 Å². The van der Waals surface area contributed by atoms with Crippen molar-refractivity contribution < 1.29 is 19.1 Å². The number of hydrogen-bond donors (Lipinski definition) is 1. The number of carbonyl (C=O) groups is 1. The van der Waals surface area contributed by atoms with Crippen molar-refractivity contribution in [2.24, 2.45) is 0 Å². The number of amides is 1. The van der Waals surface area contributed by atoms with Gasteiger partial charge in [-0.05, 0) is 30.2 Å². The van der Waals surface area contributed by atoms with Crippen molar-refractivity contribution >= 4 is 17.1 Å². The first kappa shape index (κ1) is 19.9. The van der Waals surface area contributed by atoms with E-state index in [-0.39, 0.29) is 5.56 Å². The number of hydrogen-bond acceptors (Lipinski definition) is 4. The summed E-state index contributed by atoms with van der Waals surface area (Å²) in [5.41, 5.74) is 3.05. The van der Waals surface area contributed by atoms with Crippen molar-refractivity contribution in [2.75, 3.05) is 6.54 Å². The van der Waals surface area contributed by atoms with Gasteiger partial charge in [-0.1, -0.05) is 30.3 Å². The van der Waals surface area contributed by atoms with Crippen LogP contribution in [-0.4, -0.2) is 27.2 Å². The van der Waals surface area contributed by atoms with Gasteiger partial charge in [0.2, 0.25) is 0 Å². The highest BCUT2D eigenvalue weighted by Crippen LogP contribution is 2.31. The molecule has 5 rings (SSSR count). The second-order valence-electron chi connectivity index (χ2n) is 7.84. The van der Waals surface area contributed by atoms with Crippen molar-refractivity contribution in [3.8, 4) is 11.4 Å². The summed E-state index contributed by atoms with van der Waals surface area (Å²) in [6.45, 7) is 1.19. The average Bonchev–Trinajstić information content (AvgIpc) is 2.99. The molecule has 0 fully saturated rings. The van der Waals surface area contributed by atoms with E-state index in [1.165, 1.54) is 15.5 Å². The molecule has 7 nitrogen and oxygen atoms in total. The summed E-state index contributed by atoms with van der Waals surface area (Å²) < 4.78 is 13.3. The van der Waals surface area contributed by atoms with Crippen LogP contribution in [0.4, 0.5) is 4.79 Å². The molecule has 0 saturated heterocycles. The van der Waals surface area contributed by atoms with Gasteiger partial charge in [0.15, 0.2) is 0 Å². The fourth-order valence-electron chi connectivity index (χ4n) is 4.08. The number of aryl methyl sites for hydroxylation is 1. The standard InChI is InChI=1S/C25H22N2O5/c28-24-14-19(31-16-17-5-2-1-3-6-17)10-12-27(24)18-8-9-20-21-15-26(25(29)30)11-4-7-22(21)32-23(20)13-18/h1-3,5-6,8-10,12-14H,4,7,11,15-16H2,(H,29,30). The second-order valence-corrected chi connectivity index (χ2v) is 7.84. The van der Waals surface area contributed by atoms with Crippen LogP contribution < -0.4 is 10.3 Å². The first-order chi connectivity index (χ1) is 15.6. The first-order valence-electron chi connectivity index (χ1n) is 10.5. The lowest BCUT2D eigenvalue weighted by Crippen LogP contribution is -2.28. The Kier molecular flexibility index (Phi) is 5.15. The quantitative estimate of drug-likeness (QED) is 0.512. The second kappa shape index (κ2) is 8.26. The lowest BCUT2D eigenvalue weighted by molar-refractivity contribution is 0.143. The Morgan fingerprint density at radius 1 is 1.09 bits per heavy atom. The number of carboxylic acid groups (broad SMARTS) is 1. The Bertz CT molecular complexity index is 1340. The summed E-state index contributed by atoms with van der Waals surface area (Å²) >= 11 is 0. The summed E-state index contributed by atoms with van der Waals surface area (Å²) in [6.07, 6.45) is 2.17. The van der Waals surface area contributed by atoms with E-state index in [1.54, 1.807) is 12.3 Å². The SMILES string of the molecule is O=C(O)N1CCCc2oc3cc(-n4ccc(OCc5ccccc5)cc4=O)ccc3c2C1. The Morgan fingerprint density at radius 2 is 1.94 bits per heavy atom. The Labute approximate surface area is 184 Å². The fraction of sp³-hybridized carbons (Fsp3) is 0.200. The van der Waals surface area contributed by atoms with Crippen LogP contribution >= 0.6 is 0 Å². The van der Waals surface area contributed by atoms with Gasteiger partial charge in [-0.3, -0.25) is 9.36 Å². The molecule has 0 saturated carbocycles. The molecule has 1 aliphatic heterocycles. The van der Waals surface area contributed by atoms with Gasteiger partial charge in [0.25, 0.3) is 5.56 Å². The molecule has 2 aromatic carbocycles. The molecular formula is C25H22N2O5. The van der Waals surface area contributed by atoms with E-state index in [0.29, 0.717) is 43.1 Å². The highest BCUT2D eigenvalue weighted by molar-refractivity contribution is 5.84. The van der Waals surface area contributed by atoms with E-state index >= 15 is 0 Å². The summed E-state index contributed by atoms with van der Waals surface area (Å²) in [5.74, 6) is 1.33. The number of fused-ring (bicyclic) bond motifs is 3. The van der Waals surface area contributed by atoms with Gasteiger partial charge in [0.05, 0.1) is 12.2 Å². The van der Waals surface area contributed by atoms with E-state index < -0.39 is 6.09 Å². The lowest BCUT2D eigenvalue weighted by Gasteiger charge is -2.15. The molecule has 0 aliphatic carbocycles. The number of rotatable bonds is 4. The van der Waals surface area contributed by atoms with Gasteiger partial charge in [-0.25, -0.2) is 4.79 Å². The summed E-state index contributed by atoms with van der Waals surface area (Å²) in [4.78, 5) is 25.6. The number of ether oxygens (including phenoxy) is 1. The molecule has 0 spiro atoms. The molecule has 7 heteroatoms. The molecule has 2 aromatic heterocycles. The maximum absolute atomic E-state index is 12.7. The number of aromatic nitrogens is 1.